The highest BCUT2D eigenvalue weighted by atomic mass is 16.5. The van der Waals surface area contributed by atoms with Crippen molar-refractivity contribution in [1.29, 1.82) is 0 Å². The average molecular weight is 453 g/mol. The number of aliphatic hydroxyl groups is 1. The number of hydrogen-bond acceptors (Lipinski definition) is 5. The second-order valence-electron chi connectivity index (χ2n) is 11.3. The number of nitrogens with two attached hydrogens (primary N) is 1. The molecule has 7 heteroatoms. The number of pyridine rings is 1. The zero-order chi connectivity index (χ0) is 24.0. The van der Waals surface area contributed by atoms with Crippen LogP contribution >= 0.6 is 0 Å². The molecule has 7 nitrogen and oxygen atoms in total. The molecule has 1 aliphatic heterocycles. The Morgan fingerprint density at radius 2 is 2.00 bits per heavy atom. The third-order valence-electron chi connectivity index (χ3n) is 6.98. The number of allylic oxidation sites excluding steroid dienone is 2. The van der Waals surface area contributed by atoms with Gasteiger partial charge in [-0.15, -0.1) is 0 Å². The fraction of sp³-hybridized carbons (Fsp3) is 0.577. The Hall–Kier alpha value is -2.51. The molecular weight excluding hydrogens is 416 g/mol. The lowest BCUT2D eigenvalue weighted by Crippen LogP contribution is -2.48. The van der Waals surface area contributed by atoms with Crippen molar-refractivity contribution in [3.8, 4) is 5.69 Å². The third kappa shape index (κ3) is 4.89. The Morgan fingerprint density at radius 3 is 2.64 bits per heavy atom. The van der Waals surface area contributed by atoms with Gasteiger partial charge >= 0.3 is 0 Å². The molecule has 0 spiro atoms. The van der Waals surface area contributed by atoms with Gasteiger partial charge in [0, 0.05) is 24.0 Å². The van der Waals surface area contributed by atoms with E-state index >= 15 is 0 Å². The molecule has 0 saturated carbocycles. The zero-order valence-electron chi connectivity index (χ0n) is 20.4. The van der Waals surface area contributed by atoms with Crippen molar-refractivity contribution in [3.05, 3.63) is 47.8 Å². The lowest BCUT2D eigenvalue weighted by molar-refractivity contribution is -0.187. The van der Waals surface area contributed by atoms with Crippen LogP contribution in [-0.2, 0) is 4.74 Å². The topological polar surface area (TPSA) is 103 Å². The van der Waals surface area contributed by atoms with Crippen molar-refractivity contribution >= 4 is 11.5 Å². The summed E-state index contributed by atoms with van der Waals surface area (Å²) in [5.41, 5.74) is 8.74. The first-order chi connectivity index (χ1) is 15.4. The molecule has 33 heavy (non-hydrogen) atoms. The maximum atomic E-state index is 12.0. The highest BCUT2D eigenvalue weighted by molar-refractivity contribution is 5.90. The van der Waals surface area contributed by atoms with E-state index in [4.69, 9.17) is 15.5 Å². The molecule has 2 aromatic rings. The summed E-state index contributed by atoms with van der Waals surface area (Å²) in [5.74, 6) is -0.223. The number of ether oxygens (including phenoxy) is 1. The molecule has 0 bridgehead atoms. The third-order valence-corrected chi connectivity index (χ3v) is 6.98. The van der Waals surface area contributed by atoms with Crippen LogP contribution < -0.4 is 5.73 Å². The molecule has 2 aromatic heterocycles. The van der Waals surface area contributed by atoms with Crippen LogP contribution in [0.5, 0.6) is 0 Å². The van der Waals surface area contributed by atoms with E-state index in [0.29, 0.717) is 6.42 Å². The van der Waals surface area contributed by atoms with E-state index in [-0.39, 0.29) is 29.4 Å². The van der Waals surface area contributed by atoms with Gasteiger partial charge in [-0.2, -0.15) is 0 Å². The summed E-state index contributed by atoms with van der Waals surface area (Å²) in [5, 5.41) is 10.00. The molecular formula is C26H36N4O3. The maximum absolute atomic E-state index is 12.0. The standard InChI is InChI=1S/C26H36N4O3/c1-24(2)10-8-17(9-11-24)21-20(30-13-12-28-23(30)22(27)32)7-6-19(29-21)18-14-25(3,4)33-26(5,15-18)16-31/h6-8,12-13,18,31H,9-11,14-16H2,1-5H3,(H2,27,32). The molecule has 4 rings (SSSR count). The van der Waals surface area contributed by atoms with E-state index in [1.165, 1.54) is 5.57 Å². The van der Waals surface area contributed by atoms with E-state index in [1.807, 2.05) is 19.1 Å². The van der Waals surface area contributed by atoms with Crippen molar-refractivity contribution in [2.75, 3.05) is 6.61 Å². The van der Waals surface area contributed by atoms with Gasteiger partial charge in [0.2, 0.25) is 5.82 Å². The molecule has 3 N–H and O–H groups in total. The van der Waals surface area contributed by atoms with E-state index in [9.17, 15) is 9.90 Å². The van der Waals surface area contributed by atoms with Gasteiger partial charge in [-0.3, -0.25) is 14.3 Å². The number of aliphatic hydroxyl groups excluding tert-OH is 1. The van der Waals surface area contributed by atoms with Crippen LogP contribution in [0.25, 0.3) is 11.3 Å². The molecule has 1 amide bonds. The minimum absolute atomic E-state index is 0.0326. The van der Waals surface area contributed by atoms with Gasteiger partial charge in [-0.1, -0.05) is 19.9 Å². The van der Waals surface area contributed by atoms with Crippen LogP contribution in [0.1, 0.15) is 94.6 Å². The van der Waals surface area contributed by atoms with Crippen molar-refractivity contribution in [2.45, 2.75) is 83.8 Å². The predicted octanol–water partition coefficient (Wildman–Crippen LogP) is 4.38. The summed E-state index contributed by atoms with van der Waals surface area (Å²) in [6, 6.07) is 4.05. The molecule has 0 radical (unpaired) electrons. The molecule has 1 saturated heterocycles. The first kappa shape index (κ1) is 23.6. The fourth-order valence-corrected chi connectivity index (χ4v) is 5.34. The Bertz CT molecular complexity index is 1080. The van der Waals surface area contributed by atoms with Crippen LogP contribution in [0.15, 0.2) is 30.6 Å². The summed E-state index contributed by atoms with van der Waals surface area (Å²) in [7, 11) is 0. The quantitative estimate of drug-likeness (QED) is 0.701. The van der Waals surface area contributed by atoms with E-state index in [0.717, 1.165) is 42.8 Å². The number of nitrogens with zero attached hydrogens (tertiary/aromatic N) is 3. The number of rotatable bonds is 5. The van der Waals surface area contributed by atoms with Gasteiger partial charge in [0.1, 0.15) is 0 Å². The Labute approximate surface area is 196 Å². The minimum atomic E-state index is -0.607. The number of primary amides is 1. The highest BCUT2D eigenvalue weighted by Crippen LogP contribution is 2.44. The van der Waals surface area contributed by atoms with Gasteiger partial charge in [0.15, 0.2) is 0 Å². The van der Waals surface area contributed by atoms with Gasteiger partial charge in [-0.05, 0) is 76.0 Å². The van der Waals surface area contributed by atoms with Crippen LogP contribution in [0.2, 0.25) is 0 Å². The van der Waals surface area contributed by atoms with Gasteiger partial charge in [0.25, 0.3) is 5.91 Å². The fourth-order valence-electron chi connectivity index (χ4n) is 5.34. The Balaban J connectivity index is 1.81. The number of hydrogen-bond donors (Lipinski definition) is 2. The first-order valence-electron chi connectivity index (χ1n) is 11.8. The van der Waals surface area contributed by atoms with Crippen molar-refractivity contribution in [3.63, 3.8) is 0 Å². The largest absolute Gasteiger partial charge is 0.393 e. The Kier molecular flexibility index (Phi) is 5.99. The number of carbonyl (C=O) groups excluding carboxylic acids is 1. The number of amides is 1. The smallest absolute Gasteiger partial charge is 0.285 e. The van der Waals surface area contributed by atoms with Gasteiger partial charge < -0.3 is 15.6 Å². The lowest BCUT2D eigenvalue weighted by atomic mass is 9.77. The number of imidazole rings is 1. The van der Waals surface area contributed by atoms with Crippen LogP contribution in [0.4, 0.5) is 0 Å². The summed E-state index contributed by atoms with van der Waals surface area (Å²) >= 11 is 0. The first-order valence-corrected chi connectivity index (χ1v) is 11.8. The summed E-state index contributed by atoms with van der Waals surface area (Å²) < 4.78 is 7.94. The van der Waals surface area contributed by atoms with Gasteiger partial charge in [-0.25, -0.2) is 4.98 Å². The monoisotopic (exact) mass is 452 g/mol. The number of carbonyl (C=O) groups is 1. The summed E-state index contributed by atoms with van der Waals surface area (Å²) in [6.07, 6.45) is 10.1. The number of aromatic nitrogens is 3. The predicted molar refractivity (Wildman–Crippen MR) is 128 cm³/mol. The van der Waals surface area contributed by atoms with Crippen molar-refractivity contribution in [2.24, 2.45) is 11.1 Å². The van der Waals surface area contributed by atoms with E-state index < -0.39 is 11.5 Å². The van der Waals surface area contributed by atoms with E-state index in [2.05, 4.69) is 38.8 Å². The van der Waals surface area contributed by atoms with Crippen LogP contribution in [0, 0.1) is 5.41 Å². The maximum Gasteiger partial charge on any atom is 0.285 e. The molecule has 0 aromatic carbocycles. The van der Waals surface area contributed by atoms with Crippen molar-refractivity contribution < 1.29 is 14.6 Å². The van der Waals surface area contributed by atoms with Crippen LogP contribution in [-0.4, -0.2) is 43.4 Å². The summed E-state index contributed by atoms with van der Waals surface area (Å²) in [4.78, 5) is 21.3. The Morgan fingerprint density at radius 1 is 1.24 bits per heavy atom. The molecule has 2 unspecified atom stereocenters. The molecule has 3 heterocycles. The minimum Gasteiger partial charge on any atom is -0.393 e. The SMILES string of the molecule is CC1(C)CC=C(c2nc(C3CC(C)(C)OC(C)(CO)C3)ccc2-n2ccnc2C(N)=O)CC1. The van der Waals surface area contributed by atoms with Gasteiger partial charge in [0.05, 0.1) is 29.2 Å². The highest BCUT2D eigenvalue weighted by Gasteiger charge is 2.43. The normalized spacial score (nSPS) is 26.6. The van der Waals surface area contributed by atoms with E-state index in [1.54, 1.807) is 17.0 Å². The molecule has 2 atom stereocenters. The molecule has 2 aliphatic rings. The average Bonchev–Trinajstić information content (AvgIpc) is 3.22. The van der Waals surface area contributed by atoms with Crippen molar-refractivity contribution in [1.82, 2.24) is 14.5 Å². The zero-order valence-corrected chi connectivity index (χ0v) is 20.4. The molecule has 1 fully saturated rings. The molecule has 178 valence electrons. The van der Waals surface area contributed by atoms with Crippen LogP contribution in [0.3, 0.4) is 0 Å². The second kappa shape index (κ2) is 8.37. The summed E-state index contributed by atoms with van der Waals surface area (Å²) in [6.45, 7) is 10.6. The lowest BCUT2D eigenvalue weighted by Gasteiger charge is -2.46. The second-order valence-corrected chi connectivity index (χ2v) is 11.3. The molecule has 1 aliphatic carbocycles.